The van der Waals surface area contributed by atoms with Gasteiger partial charge in [-0.15, -0.1) is 0 Å². The normalized spacial score (nSPS) is 14.8. The lowest BCUT2D eigenvalue weighted by Crippen LogP contribution is -2.36. The van der Waals surface area contributed by atoms with E-state index >= 15 is 0 Å². The molecular weight excluding hydrogens is 222 g/mol. The van der Waals surface area contributed by atoms with Crippen molar-refractivity contribution in [1.29, 1.82) is 0 Å². The van der Waals surface area contributed by atoms with Crippen LogP contribution in [0.5, 0.6) is 0 Å². The van der Waals surface area contributed by atoms with E-state index in [1.54, 1.807) is 0 Å². The third-order valence-electron chi connectivity index (χ3n) is 2.47. The first-order valence-electron chi connectivity index (χ1n) is 5.75. The van der Waals surface area contributed by atoms with Gasteiger partial charge in [-0.2, -0.15) is 0 Å². The van der Waals surface area contributed by atoms with Crippen LogP contribution in [0.15, 0.2) is 24.3 Å². The summed E-state index contributed by atoms with van der Waals surface area (Å²) in [5, 5.41) is 0.760. The first-order chi connectivity index (χ1) is 7.63. The Morgan fingerprint density at radius 3 is 2.44 bits per heavy atom. The van der Waals surface area contributed by atoms with Crippen molar-refractivity contribution in [2.45, 2.75) is 38.8 Å². The van der Waals surface area contributed by atoms with Crippen molar-refractivity contribution in [3.8, 4) is 0 Å². The van der Waals surface area contributed by atoms with E-state index < -0.39 is 0 Å². The third-order valence-corrected chi connectivity index (χ3v) is 2.72. The van der Waals surface area contributed by atoms with Crippen LogP contribution in [-0.4, -0.2) is 18.8 Å². The largest absolute Gasteiger partial charge is 0.376 e. The van der Waals surface area contributed by atoms with E-state index in [1.807, 2.05) is 31.2 Å². The van der Waals surface area contributed by atoms with Crippen LogP contribution in [0, 0.1) is 0 Å². The minimum atomic E-state index is 0.0437. The molecule has 0 saturated carbocycles. The number of nitrogens with two attached hydrogens (primary N) is 1. The molecule has 0 radical (unpaired) electrons. The number of halogens is 1. The van der Waals surface area contributed by atoms with Crippen LogP contribution in [0.1, 0.15) is 25.8 Å². The molecule has 0 aromatic heterocycles. The molecule has 2 nitrogen and oxygen atoms in total. The number of rotatable bonds is 6. The first-order valence-corrected chi connectivity index (χ1v) is 6.13. The van der Waals surface area contributed by atoms with Crippen LogP contribution in [0.2, 0.25) is 5.02 Å². The highest BCUT2D eigenvalue weighted by molar-refractivity contribution is 6.30. The molecule has 0 aliphatic carbocycles. The molecule has 90 valence electrons. The zero-order valence-electron chi connectivity index (χ0n) is 9.95. The molecule has 0 aliphatic heterocycles. The SMILES string of the molecule is CCCO[C@H](Cc1ccc(Cl)cc1)[C@H](C)N. The van der Waals surface area contributed by atoms with E-state index in [4.69, 9.17) is 22.1 Å². The average molecular weight is 242 g/mol. The van der Waals surface area contributed by atoms with Gasteiger partial charge in [0.2, 0.25) is 0 Å². The van der Waals surface area contributed by atoms with Crippen LogP contribution in [0.4, 0.5) is 0 Å². The molecule has 2 atom stereocenters. The van der Waals surface area contributed by atoms with Crippen molar-refractivity contribution in [3.05, 3.63) is 34.9 Å². The third kappa shape index (κ3) is 4.52. The molecule has 0 aliphatic rings. The van der Waals surface area contributed by atoms with Crippen molar-refractivity contribution in [3.63, 3.8) is 0 Å². The average Bonchev–Trinajstić information content (AvgIpc) is 2.26. The van der Waals surface area contributed by atoms with Crippen molar-refractivity contribution in [2.24, 2.45) is 5.73 Å². The molecule has 0 saturated heterocycles. The Kier molecular flexibility index (Phi) is 5.81. The summed E-state index contributed by atoms with van der Waals surface area (Å²) in [7, 11) is 0. The summed E-state index contributed by atoms with van der Waals surface area (Å²) in [6.45, 7) is 4.84. The highest BCUT2D eigenvalue weighted by atomic mass is 35.5. The molecule has 3 heteroatoms. The lowest BCUT2D eigenvalue weighted by molar-refractivity contribution is 0.0401. The molecule has 0 fully saturated rings. The first kappa shape index (κ1) is 13.5. The fourth-order valence-electron chi connectivity index (χ4n) is 1.52. The molecule has 1 rings (SSSR count). The Hall–Kier alpha value is -0.570. The molecule has 1 aromatic rings. The molecular formula is C13H20ClNO. The van der Waals surface area contributed by atoms with Gasteiger partial charge in [-0.3, -0.25) is 0 Å². The van der Waals surface area contributed by atoms with Crippen molar-refractivity contribution < 1.29 is 4.74 Å². The maximum Gasteiger partial charge on any atom is 0.0763 e. The second-order valence-electron chi connectivity index (χ2n) is 4.10. The lowest BCUT2D eigenvalue weighted by Gasteiger charge is -2.21. The topological polar surface area (TPSA) is 35.2 Å². The van der Waals surface area contributed by atoms with Crippen LogP contribution < -0.4 is 5.73 Å². The summed E-state index contributed by atoms with van der Waals surface area (Å²) in [5.41, 5.74) is 7.12. The maximum absolute atomic E-state index is 5.90. The highest BCUT2D eigenvalue weighted by Crippen LogP contribution is 2.13. The van der Waals surface area contributed by atoms with Gasteiger partial charge in [-0.05, 0) is 31.0 Å². The summed E-state index contributed by atoms with van der Waals surface area (Å²) in [5.74, 6) is 0. The van der Waals surface area contributed by atoms with Gasteiger partial charge in [0.15, 0.2) is 0 Å². The summed E-state index contributed by atoms with van der Waals surface area (Å²) in [6, 6.07) is 7.88. The Morgan fingerprint density at radius 1 is 1.31 bits per heavy atom. The van der Waals surface area contributed by atoms with E-state index in [2.05, 4.69) is 6.92 Å². The number of hydrogen-bond acceptors (Lipinski definition) is 2. The van der Waals surface area contributed by atoms with E-state index in [0.717, 1.165) is 24.5 Å². The molecule has 0 bridgehead atoms. The molecule has 0 amide bonds. The highest BCUT2D eigenvalue weighted by Gasteiger charge is 2.14. The van der Waals surface area contributed by atoms with Gasteiger partial charge >= 0.3 is 0 Å². The molecule has 16 heavy (non-hydrogen) atoms. The van der Waals surface area contributed by atoms with Gasteiger partial charge in [-0.1, -0.05) is 30.7 Å². The van der Waals surface area contributed by atoms with E-state index in [-0.39, 0.29) is 12.1 Å². The van der Waals surface area contributed by atoms with Gasteiger partial charge in [0, 0.05) is 24.1 Å². The van der Waals surface area contributed by atoms with Crippen molar-refractivity contribution >= 4 is 11.6 Å². The lowest BCUT2D eigenvalue weighted by atomic mass is 10.0. The minimum absolute atomic E-state index is 0.0437. The maximum atomic E-state index is 5.90. The fourth-order valence-corrected chi connectivity index (χ4v) is 1.64. The van der Waals surface area contributed by atoms with Crippen molar-refractivity contribution in [2.75, 3.05) is 6.61 Å². The van der Waals surface area contributed by atoms with Gasteiger partial charge in [0.25, 0.3) is 0 Å². The molecule has 2 N–H and O–H groups in total. The predicted octanol–water partition coefficient (Wildman–Crippen LogP) is 3.02. The van der Waals surface area contributed by atoms with E-state index in [1.165, 1.54) is 5.56 Å². The Labute approximate surface area is 103 Å². The fraction of sp³-hybridized carbons (Fsp3) is 0.538. The number of benzene rings is 1. The van der Waals surface area contributed by atoms with Crippen LogP contribution in [0.25, 0.3) is 0 Å². The van der Waals surface area contributed by atoms with Crippen LogP contribution in [0.3, 0.4) is 0 Å². The number of ether oxygens (including phenoxy) is 1. The monoisotopic (exact) mass is 241 g/mol. The Bertz CT molecular complexity index is 297. The summed E-state index contributed by atoms with van der Waals surface area (Å²) >= 11 is 5.84. The van der Waals surface area contributed by atoms with Gasteiger partial charge in [0.05, 0.1) is 6.10 Å². The van der Waals surface area contributed by atoms with E-state index in [9.17, 15) is 0 Å². The van der Waals surface area contributed by atoms with Crippen molar-refractivity contribution in [1.82, 2.24) is 0 Å². The van der Waals surface area contributed by atoms with E-state index in [0.29, 0.717) is 0 Å². The molecule has 0 spiro atoms. The second kappa shape index (κ2) is 6.89. The standard InChI is InChI=1S/C13H20ClNO/c1-3-8-16-13(10(2)15)9-11-4-6-12(14)7-5-11/h4-7,10,13H,3,8-9,15H2,1-2H3/t10-,13+/m0/s1. The molecule has 0 heterocycles. The zero-order chi connectivity index (χ0) is 12.0. The minimum Gasteiger partial charge on any atom is -0.376 e. The van der Waals surface area contributed by atoms with Gasteiger partial charge < -0.3 is 10.5 Å². The Morgan fingerprint density at radius 2 is 1.94 bits per heavy atom. The number of hydrogen-bond donors (Lipinski definition) is 1. The van der Waals surface area contributed by atoms with Gasteiger partial charge in [-0.25, -0.2) is 0 Å². The smallest absolute Gasteiger partial charge is 0.0763 e. The van der Waals surface area contributed by atoms with Gasteiger partial charge in [0.1, 0.15) is 0 Å². The zero-order valence-corrected chi connectivity index (χ0v) is 10.7. The summed E-state index contributed by atoms with van der Waals surface area (Å²) in [4.78, 5) is 0. The van der Waals surface area contributed by atoms with Crippen LogP contribution in [-0.2, 0) is 11.2 Å². The summed E-state index contributed by atoms with van der Waals surface area (Å²) in [6.07, 6.45) is 1.94. The quantitative estimate of drug-likeness (QED) is 0.831. The summed E-state index contributed by atoms with van der Waals surface area (Å²) < 4.78 is 5.73. The molecule has 1 aromatic carbocycles. The molecule has 0 unspecified atom stereocenters. The Balaban J connectivity index is 2.57. The van der Waals surface area contributed by atoms with Crippen LogP contribution >= 0.6 is 11.6 Å². The second-order valence-corrected chi connectivity index (χ2v) is 4.54. The predicted molar refractivity (Wildman–Crippen MR) is 68.8 cm³/mol.